The van der Waals surface area contributed by atoms with E-state index in [1.54, 1.807) is 17.0 Å². The van der Waals surface area contributed by atoms with Gasteiger partial charge in [0.1, 0.15) is 5.82 Å². The number of carbonyl (C=O) groups excluding carboxylic acids is 2. The molecule has 22 heavy (non-hydrogen) atoms. The lowest BCUT2D eigenvalue weighted by atomic mass is 9.97. The van der Waals surface area contributed by atoms with Crippen LogP contribution in [-0.2, 0) is 9.59 Å². The number of benzene rings is 1. The number of likely N-dealkylation sites (tertiary alicyclic amines) is 1. The minimum atomic E-state index is -0.328. The van der Waals surface area contributed by atoms with Gasteiger partial charge in [-0.1, -0.05) is 6.92 Å². The number of hydrogen-bond acceptors (Lipinski definition) is 2. The summed E-state index contributed by atoms with van der Waals surface area (Å²) in [5.41, 5.74) is 0.661. The second-order valence-corrected chi connectivity index (χ2v) is 6.39. The zero-order valence-corrected chi connectivity index (χ0v) is 12.8. The minimum Gasteiger partial charge on any atom is -0.342 e. The lowest BCUT2D eigenvalue weighted by Crippen LogP contribution is -2.42. The number of carbonyl (C=O) groups is 2. The molecular weight excluding hydrogens is 283 g/mol. The molecule has 3 rings (SSSR count). The van der Waals surface area contributed by atoms with Crippen molar-refractivity contribution in [2.75, 3.05) is 24.5 Å². The van der Waals surface area contributed by atoms with Crippen LogP contribution in [0.4, 0.5) is 10.1 Å². The molecule has 2 saturated heterocycles. The highest BCUT2D eigenvalue weighted by molar-refractivity contribution is 6.00. The van der Waals surface area contributed by atoms with Crippen molar-refractivity contribution >= 4 is 17.5 Å². The van der Waals surface area contributed by atoms with Gasteiger partial charge in [0.2, 0.25) is 11.8 Å². The molecule has 2 aliphatic heterocycles. The van der Waals surface area contributed by atoms with Gasteiger partial charge in [0, 0.05) is 31.7 Å². The maximum absolute atomic E-state index is 13.0. The third kappa shape index (κ3) is 2.98. The Labute approximate surface area is 129 Å². The van der Waals surface area contributed by atoms with Crippen LogP contribution in [-0.4, -0.2) is 36.3 Å². The van der Waals surface area contributed by atoms with Gasteiger partial charge in [-0.2, -0.15) is 0 Å². The molecule has 4 nitrogen and oxygen atoms in total. The first-order valence-corrected chi connectivity index (χ1v) is 7.89. The first kappa shape index (κ1) is 15.0. The van der Waals surface area contributed by atoms with E-state index in [0.29, 0.717) is 18.2 Å². The Hall–Kier alpha value is -1.91. The highest BCUT2D eigenvalue weighted by Crippen LogP contribution is 2.27. The molecule has 0 N–H and O–H groups in total. The Morgan fingerprint density at radius 2 is 1.82 bits per heavy atom. The molecule has 0 saturated carbocycles. The van der Waals surface area contributed by atoms with Crippen molar-refractivity contribution in [2.45, 2.75) is 26.2 Å². The monoisotopic (exact) mass is 304 g/mol. The molecule has 0 radical (unpaired) electrons. The van der Waals surface area contributed by atoms with Gasteiger partial charge in [0.25, 0.3) is 0 Å². The number of amides is 2. The Morgan fingerprint density at radius 3 is 2.45 bits per heavy atom. The fourth-order valence-corrected chi connectivity index (χ4v) is 3.23. The molecule has 1 aromatic rings. The standard InChI is InChI=1S/C17H21FN2O2/c1-12-6-8-19(9-7-12)17(22)13-10-16(21)20(11-13)15-4-2-14(18)3-5-15/h2-5,12-13H,6-11H2,1H3. The fourth-order valence-electron chi connectivity index (χ4n) is 3.23. The zero-order valence-electron chi connectivity index (χ0n) is 12.8. The lowest BCUT2D eigenvalue weighted by molar-refractivity contribution is -0.137. The number of hydrogen-bond donors (Lipinski definition) is 0. The lowest BCUT2D eigenvalue weighted by Gasteiger charge is -2.32. The summed E-state index contributed by atoms with van der Waals surface area (Å²) in [6.07, 6.45) is 2.32. The highest BCUT2D eigenvalue weighted by atomic mass is 19.1. The van der Waals surface area contributed by atoms with Crippen molar-refractivity contribution in [3.63, 3.8) is 0 Å². The smallest absolute Gasteiger partial charge is 0.228 e. The number of halogens is 1. The molecule has 0 aliphatic carbocycles. The SMILES string of the molecule is CC1CCN(C(=O)C2CC(=O)N(c3ccc(F)cc3)C2)CC1. The average molecular weight is 304 g/mol. The maximum Gasteiger partial charge on any atom is 0.228 e. The van der Waals surface area contributed by atoms with E-state index < -0.39 is 0 Å². The molecule has 1 aromatic carbocycles. The topological polar surface area (TPSA) is 40.6 Å². The summed E-state index contributed by atoms with van der Waals surface area (Å²) in [5, 5.41) is 0. The number of rotatable bonds is 2. The highest BCUT2D eigenvalue weighted by Gasteiger charge is 2.37. The molecule has 2 amide bonds. The summed E-state index contributed by atoms with van der Waals surface area (Å²) in [5.74, 6) is 0.0987. The van der Waals surface area contributed by atoms with Gasteiger partial charge in [-0.25, -0.2) is 4.39 Å². The molecule has 0 spiro atoms. The summed E-state index contributed by atoms with van der Waals surface area (Å²) >= 11 is 0. The molecule has 118 valence electrons. The average Bonchev–Trinajstić information content (AvgIpc) is 2.90. The van der Waals surface area contributed by atoms with Gasteiger partial charge < -0.3 is 9.80 Å². The first-order valence-electron chi connectivity index (χ1n) is 7.89. The molecule has 0 bridgehead atoms. The molecular formula is C17H21FN2O2. The summed E-state index contributed by atoms with van der Waals surface area (Å²) in [4.78, 5) is 28.2. The van der Waals surface area contributed by atoms with E-state index in [0.717, 1.165) is 25.9 Å². The maximum atomic E-state index is 13.0. The number of piperidine rings is 1. The Kier molecular flexibility index (Phi) is 4.14. The van der Waals surface area contributed by atoms with E-state index in [4.69, 9.17) is 0 Å². The van der Waals surface area contributed by atoms with Crippen molar-refractivity contribution in [3.05, 3.63) is 30.1 Å². The van der Waals surface area contributed by atoms with Crippen LogP contribution >= 0.6 is 0 Å². The van der Waals surface area contributed by atoms with Crippen LogP contribution in [0.25, 0.3) is 0 Å². The van der Waals surface area contributed by atoms with Crippen molar-refractivity contribution in [1.29, 1.82) is 0 Å². The van der Waals surface area contributed by atoms with E-state index in [9.17, 15) is 14.0 Å². The molecule has 1 unspecified atom stereocenters. The number of anilines is 1. The molecule has 2 aliphatic rings. The van der Waals surface area contributed by atoms with Gasteiger partial charge in [-0.15, -0.1) is 0 Å². The van der Waals surface area contributed by atoms with Crippen LogP contribution in [0.15, 0.2) is 24.3 Å². The van der Waals surface area contributed by atoms with E-state index in [1.807, 2.05) is 4.90 Å². The van der Waals surface area contributed by atoms with Crippen molar-refractivity contribution in [1.82, 2.24) is 4.90 Å². The van der Waals surface area contributed by atoms with Crippen LogP contribution in [0.2, 0.25) is 0 Å². The Balaban J connectivity index is 1.66. The third-order valence-electron chi connectivity index (χ3n) is 4.71. The van der Waals surface area contributed by atoms with Gasteiger partial charge >= 0.3 is 0 Å². The molecule has 2 heterocycles. The van der Waals surface area contributed by atoms with E-state index in [-0.39, 0.29) is 30.0 Å². The zero-order chi connectivity index (χ0) is 15.7. The van der Waals surface area contributed by atoms with Crippen molar-refractivity contribution in [2.24, 2.45) is 11.8 Å². The minimum absolute atomic E-state index is 0.0599. The molecule has 2 fully saturated rings. The van der Waals surface area contributed by atoms with Gasteiger partial charge in [0.05, 0.1) is 5.92 Å². The summed E-state index contributed by atoms with van der Waals surface area (Å²) in [6.45, 7) is 4.19. The molecule has 1 atom stereocenters. The van der Waals surface area contributed by atoms with E-state index in [2.05, 4.69) is 6.92 Å². The predicted octanol–water partition coefficient (Wildman–Crippen LogP) is 2.44. The first-order chi connectivity index (χ1) is 10.5. The normalized spacial score (nSPS) is 23.2. The largest absolute Gasteiger partial charge is 0.342 e. The van der Waals surface area contributed by atoms with Crippen LogP contribution < -0.4 is 4.90 Å². The van der Waals surface area contributed by atoms with E-state index >= 15 is 0 Å². The summed E-state index contributed by atoms with van der Waals surface area (Å²) in [6, 6.07) is 5.85. The van der Waals surface area contributed by atoms with Crippen LogP contribution in [0, 0.1) is 17.7 Å². The third-order valence-corrected chi connectivity index (χ3v) is 4.71. The van der Waals surface area contributed by atoms with Crippen LogP contribution in [0.3, 0.4) is 0 Å². The van der Waals surface area contributed by atoms with E-state index in [1.165, 1.54) is 12.1 Å². The second-order valence-electron chi connectivity index (χ2n) is 6.39. The molecule has 0 aromatic heterocycles. The predicted molar refractivity (Wildman–Crippen MR) is 81.8 cm³/mol. The van der Waals surface area contributed by atoms with Crippen LogP contribution in [0.1, 0.15) is 26.2 Å². The number of nitrogens with zero attached hydrogens (tertiary/aromatic N) is 2. The van der Waals surface area contributed by atoms with Crippen molar-refractivity contribution in [3.8, 4) is 0 Å². The quantitative estimate of drug-likeness (QED) is 0.842. The second kappa shape index (κ2) is 6.07. The Bertz CT molecular complexity index is 565. The van der Waals surface area contributed by atoms with Gasteiger partial charge in [-0.05, 0) is 43.0 Å². The molecule has 5 heteroatoms. The Morgan fingerprint density at radius 1 is 1.18 bits per heavy atom. The summed E-state index contributed by atoms with van der Waals surface area (Å²) in [7, 11) is 0. The van der Waals surface area contributed by atoms with Gasteiger partial charge in [0.15, 0.2) is 0 Å². The van der Waals surface area contributed by atoms with Gasteiger partial charge in [-0.3, -0.25) is 9.59 Å². The summed E-state index contributed by atoms with van der Waals surface area (Å²) < 4.78 is 13.0. The van der Waals surface area contributed by atoms with Crippen molar-refractivity contribution < 1.29 is 14.0 Å². The van der Waals surface area contributed by atoms with Crippen LogP contribution in [0.5, 0.6) is 0 Å². The fraction of sp³-hybridized carbons (Fsp3) is 0.529.